The Morgan fingerprint density at radius 2 is 2.23 bits per heavy atom. The quantitative estimate of drug-likeness (QED) is 0.701. The van der Waals surface area contributed by atoms with E-state index in [-0.39, 0.29) is 31.1 Å². The number of rotatable bonds is 5. The molecule has 3 rings (SSSR count). The van der Waals surface area contributed by atoms with Gasteiger partial charge in [0.1, 0.15) is 5.25 Å². The maximum Gasteiger partial charge on any atom is 0.310 e. The topological polar surface area (TPSA) is 76.1 Å². The van der Waals surface area contributed by atoms with Crippen LogP contribution < -0.4 is 0 Å². The molecule has 0 bridgehead atoms. The summed E-state index contributed by atoms with van der Waals surface area (Å²) in [7, 11) is -1.83. The molecule has 2 fully saturated rings. The summed E-state index contributed by atoms with van der Waals surface area (Å²) in [6.45, 7) is 4.81. The van der Waals surface area contributed by atoms with Gasteiger partial charge < -0.3 is 4.74 Å². The fourth-order valence-electron chi connectivity index (χ4n) is 3.68. The summed E-state index contributed by atoms with van der Waals surface area (Å²) in [5, 5.41) is 2.94. The van der Waals surface area contributed by atoms with Crippen LogP contribution in [0.25, 0.3) is 0 Å². The molecule has 1 aromatic rings. The second kappa shape index (κ2) is 7.93. The van der Waals surface area contributed by atoms with E-state index in [4.69, 9.17) is 9.57 Å². The molecule has 0 N–H and O–H groups in total. The zero-order valence-electron chi connectivity index (χ0n) is 15.4. The predicted molar refractivity (Wildman–Crippen MR) is 99.1 cm³/mol. The molecule has 0 saturated carbocycles. The minimum atomic E-state index is -3.60. The number of sulfonamides is 1. The summed E-state index contributed by atoms with van der Waals surface area (Å²) in [6, 6.07) is 1.66. The summed E-state index contributed by atoms with van der Waals surface area (Å²) in [5.74, 6) is -0.696. The van der Waals surface area contributed by atoms with Gasteiger partial charge in [-0.05, 0) is 43.7 Å². The van der Waals surface area contributed by atoms with Gasteiger partial charge >= 0.3 is 5.97 Å². The van der Waals surface area contributed by atoms with E-state index in [9.17, 15) is 13.2 Å². The molecule has 2 saturated heterocycles. The molecule has 1 aromatic heterocycles. The lowest BCUT2D eigenvalue weighted by Crippen LogP contribution is -2.48. The predicted octanol–water partition coefficient (Wildman–Crippen LogP) is 1.95. The SMILES string of the molecule is CCOC(=O)C1CCCN(S(=O)(=O)C2CON(C)C2c2sccc2C)C1. The minimum absolute atomic E-state index is 0.126. The molecule has 146 valence electrons. The van der Waals surface area contributed by atoms with Gasteiger partial charge in [-0.15, -0.1) is 11.3 Å². The van der Waals surface area contributed by atoms with Gasteiger partial charge in [-0.25, -0.2) is 12.7 Å². The molecule has 2 aliphatic heterocycles. The van der Waals surface area contributed by atoms with Gasteiger partial charge in [0.2, 0.25) is 10.0 Å². The number of carbonyl (C=O) groups excluding carboxylic acids is 1. The highest BCUT2D eigenvalue weighted by molar-refractivity contribution is 7.89. The van der Waals surface area contributed by atoms with Crippen molar-refractivity contribution in [1.29, 1.82) is 0 Å². The van der Waals surface area contributed by atoms with E-state index in [2.05, 4.69) is 0 Å². The lowest BCUT2D eigenvalue weighted by Gasteiger charge is -2.33. The number of esters is 1. The number of hydroxylamine groups is 2. The highest BCUT2D eigenvalue weighted by atomic mass is 32.2. The number of piperidine rings is 1. The average Bonchev–Trinajstić information content (AvgIpc) is 3.20. The number of aryl methyl sites for hydroxylation is 1. The number of hydrogen-bond donors (Lipinski definition) is 0. The van der Waals surface area contributed by atoms with Gasteiger partial charge in [0.25, 0.3) is 0 Å². The third kappa shape index (κ3) is 3.68. The third-order valence-electron chi connectivity index (χ3n) is 5.10. The molecule has 0 radical (unpaired) electrons. The van der Waals surface area contributed by atoms with Crippen molar-refractivity contribution in [3.63, 3.8) is 0 Å². The van der Waals surface area contributed by atoms with Crippen molar-refractivity contribution in [1.82, 2.24) is 9.37 Å². The van der Waals surface area contributed by atoms with E-state index in [1.807, 2.05) is 18.4 Å². The van der Waals surface area contributed by atoms with Gasteiger partial charge in [0.05, 0.1) is 25.2 Å². The van der Waals surface area contributed by atoms with Crippen LogP contribution in [0.1, 0.15) is 36.2 Å². The van der Waals surface area contributed by atoms with E-state index in [1.165, 1.54) is 4.31 Å². The van der Waals surface area contributed by atoms with Crippen molar-refractivity contribution in [2.45, 2.75) is 38.0 Å². The molecule has 0 aromatic carbocycles. The van der Waals surface area contributed by atoms with Crippen LogP contribution >= 0.6 is 11.3 Å². The largest absolute Gasteiger partial charge is 0.466 e. The first-order chi connectivity index (χ1) is 12.4. The number of ether oxygens (including phenoxy) is 1. The lowest BCUT2D eigenvalue weighted by molar-refractivity contribution is -0.149. The molecule has 7 nitrogen and oxygen atoms in total. The van der Waals surface area contributed by atoms with Crippen molar-refractivity contribution in [3.05, 3.63) is 21.9 Å². The first-order valence-electron chi connectivity index (χ1n) is 8.91. The molecule has 0 aliphatic carbocycles. The fourth-order valence-corrected chi connectivity index (χ4v) is 6.92. The maximum atomic E-state index is 13.3. The third-order valence-corrected chi connectivity index (χ3v) is 8.40. The van der Waals surface area contributed by atoms with E-state index in [0.29, 0.717) is 26.0 Å². The molecule has 9 heteroatoms. The molecule has 0 spiro atoms. The van der Waals surface area contributed by atoms with Crippen LogP contribution in [0.5, 0.6) is 0 Å². The number of hydrogen-bond acceptors (Lipinski definition) is 7. The Balaban J connectivity index is 1.82. The zero-order valence-corrected chi connectivity index (χ0v) is 17.0. The van der Waals surface area contributed by atoms with Gasteiger partial charge in [0.15, 0.2) is 0 Å². The summed E-state index contributed by atoms with van der Waals surface area (Å²) >= 11 is 1.55. The van der Waals surface area contributed by atoms with Crippen LogP contribution in [-0.4, -0.2) is 62.4 Å². The van der Waals surface area contributed by atoms with Crippen molar-refractivity contribution < 1.29 is 22.8 Å². The number of carbonyl (C=O) groups is 1. The molecular weight excluding hydrogens is 376 g/mol. The fraction of sp³-hybridized carbons (Fsp3) is 0.706. The Morgan fingerprint density at radius 1 is 1.46 bits per heavy atom. The van der Waals surface area contributed by atoms with Crippen LogP contribution in [0.4, 0.5) is 0 Å². The van der Waals surface area contributed by atoms with Crippen LogP contribution in [0.15, 0.2) is 11.4 Å². The van der Waals surface area contributed by atoms with Crippen LogP contribution in [0, 0.1) is 12.8 Å². The summed E-state index contributed by atoms with van der Waals surface area (Å²) in [6.07, 6.45) is 1.33. The van der Waals surface area contributed by atoms with E-state index in [1.54, 1.807) is 30.4 Å². The van der Waals surface area contributed by atoms with Crippen LogP contribution in [0.2, 0.25) is 0 Å². The molecule has 3 atom stereocenters. The molecule has 2 aliphatic rings. The van der Waals surface area contributed by atoms with Crippen molar-refractivity contribution >= 4 is 27.3 Å². The standard InChI is InChI=1S/C17H26N2O5S2/c1-4-23-17(20)13-6-5-8-19(10-13)26(21,22)14-11-24-18(3)15(14)16-12(2)7-9-25-16/h7,9,13-15H,4-6,8,10-11H2,1-3H3. The van der Waals surface area contributed by atoms with Crippen LogP contribution in [0.3, 0.4) is 0 Å². The second-order valence-corrected chi connectivity index (χ2v) is 9.89. The summed E-state index contributed by atoms with van der Waals surface area (Å²) < 4.78 is 33.2. The molecule has 0 amide bonds. The second-order valence-electron chi connectivity index (χ2n) is 6.79. The van der Waals surface area contributed by atoms with Crippen LogP contribution in [-0.2, 0) is 24.4 Å². The molecule has 3 unspecified atom stereocenters. The van der Waals surface area contributed by atoms with Gasteiger partial charge in [-0.3, -0.25) is 9.63 Å². The van der Waals surface area contributed by atoms with Crippen molar-refractivity contribution in [3.8, 4) is 0 Å². The highest BCUT2D eigenvalue weighted by Gasteiger charge is 2.48. The Hall–Kier alpha value is -1.00. The van der Waals surface area contributed by atoms with Gasteiger partial charge in [-0.1, -0.05) is 0 Å². The molecule has 3 heterocycles. The summed E-state index contributed by atoms with van der Waals surface area (Å²) in [5.41, 5.74) is 1.07. The zero-order chi connectivity index (χ0) is 18.9. The van der Waals surface area contributed by atoms with E-state index < -0.39 is 15.3 Å². The first-order valence-corrected chi connectivity index (χ1v) is 11.3. The Morgan fingerprint density at radius 3 is 2.88 bits per heavy atom. The Labute approximate surface area is 158 Å². The Bertz CT molecular complexity index is 748. The van der Waals surface area contributed by atoms with Gasteiger partial charge in [0, 0.05) is 25.0 Å². The molecule has 26 heavy (non-hydrogen) atoms. The van der Waals surface area contributed by atoms with Crippen molar-refractivity contribution in [2.75, 3.05) is 33.4 Å². The lowest BCUT2D eigenvalue weighted by atomic mass is 10.0. The van der Waals surface area contributed by atoms with E-state index >= 15 is 0 Å². The monoisotopic (exact) mass is 402 g/mol. The first kappa shape index (κ1) is 19.8. The number of thiophene rings is 1. The van der Waals surface area contributed by atoms with E-state index in [0.717, 1.165) is 10.4 Å². The Kier molecular flexibility index (Phi) is 6.03. The van der Waals surface area contributed by atoms with Gasteiger partial charge in [-0.2, -0.15) is 5.06 Å². The summed E-state index contributed by atoms with van der Waals surface area (Å²) in [4.78, 5) is 18.7. The normalized spacial score (nSPS) is 28.3. The number of nitrogens with zero attached hydrogens (tertiary/aromatic N) is 2. The van der Waals surface area contributed by atoms with Crippen molar-refractivity contribution in [2.24, 2.45) is 5.92 Å². The molecular formula is C17H26N2O5S2. The maximum absolute atomic E-state index is 13.3. The smallest absolute Gasteiger partial charge is 0.310 e. The average molecular weight is 403 g/mol. The highest BCUT2D eigenvalue weighted by Crippen LogP contribution is 2.39. The minimum Gasteiger partial charge on any atom is -0.466 e.